The highest BCUT2D eigenvalue weighted by Crippen LogP contribution is 2.27. The summed E-state index contributed by atoms with van der Waals surface area (Å²) in [5.74, 6) is 0.728. The average molecular weight is 215 g/mol. The summed E-state index contributed by atoms with van der Waals surface area (Å²) in [7, 11) is 0. The summed E-state index contributed by atoms with van der Waals surface area (Å²) in [5, 5.41) is 3.42. The third-order valence-corrected chi connectivity index (χ3v) is 3.47. The van der Waals surface area contributed by atoms with E-state index in [-0.39, 0.29) is 11.3 Å². The molecule has 14 heavy (non-hydrogen) atoms. The largest absolute Gasteiger partial charge is 0.402 e. The van der Waals surface area contributed by atoms with E-state index in [0.29, 0.717) is 5.92 Å². The molecule has 0 spiro atoms. The van der Waals surface area contributed by atoms with Crippen LogP contribution in [0, 0.1) is 11.8 Å². The van der Waals surface area contributed by atoms with E-state index in [1.807, 2.05) is 6.20 Å². The van der Waals surface area contributed by atoms with Crippen molar-refractivity contribution in [3.8, 4) is 0 Å². The van der Waals surface area contributed by atoms with Gasteiger partial charge in [0, 0.05) is 18.2 Å². The lowest BCUT2D eigenvalue weighted by atomic mass is 9.90. The number of allylic oxidation sites excluding steroid dienone is 1. The maximum absolute atomic E-state index is 6.17. The molecule has 0 aliphatic carbocycles. The Hall–Kier alpha value is -0.630. The van der Waals surface area contributed by atoms with Crippen molar-refractivity contribution in [3.63, 3.8) is 0 Å². The summed E-state index contributed by atoms with van der Waals surface area (Å²) in [6, 6.07) is 0. The molecule has 0 aromatic rings. The van der Waals surface area contributed by atoms with Crippen LogP contribution >= 0.6 is 11.6 Å². The fourth-order valence-corrected chi connectivity index (χ4v) is 1.78. The van der Waals surface area contributed by atoms with Crippen LogP contribution in [0.25, 0.3) is 0 Å². The van der Waals surface area contributed by atoms with Crippen LogP contribution in [0.2, 0.25) is 0 Å². The summed E-state index contributed by atoms with van der Waals surface area (Å²) in [5.41, 5.74) is 7.72. The van der Waals surface area contributed by atoms with Crippen molar-refractivity contribution in [2.24, 2.45) is 17.6 Å². The molecule has 0 saturated carbocycles. The fourth-order valence-electron chi connectivity index (χ4n) is 1.60. The molecule has 3 N–H and O–H groups in total. The van der Waals surface area contributed by atoms with E-state index in [1.54, 1.807) is 0 Å². The molecule has 1 heterocycles. The number of nitrogens with one attached hydrogen (secondary N) is 1. The van der Waals surface area contributed by atoms with Gasteiger partial charge in [0.2, 0.25) is 0 Å². The van der Waals surface area contributed by atoms with E-state index < -0.39 is 0 Å². The first kappa shape index (κ1) is 11.4. The maximum Gasteiger partial charge on any atom is 0.0537 e. The highest BCUT2D eigenvalue weighted by Gasteiger charge is 2.21. The zero-order valence-electron chi connectivity index (χ0n) is 8.89. The number of hydrogen-bond donors (Lipinski definition) is 2. The SMILES string of the molecule is C=C(N)C(C)C1=CNCC(Cl)C(C)C1. The minimum Gasteiger partial charge on any atom is -0.402 e. The van der Waals surface area contributed by atoms with Gasteiger partial charge in [-0.2, -0.15) is 0 Å². The van der Waals surface area contributed by atoms with Gasteiger partial charge in [-0.05, 0) is 24.1 Å². The molecular formula is C11H19ClN2. The predicted octanol–water partition coefficient (Wildman–Crippen LogP) is 2.22. The summed E-state index contributed by atoms with van der Waals surface area (Å²) in [4.78, 5) is 0. The number of alkyl halides is 1. The smallest absolute Gasteiger partial charge is 0.0537 e. The Labute approximate surface area is 91.2 Å². The number of nitrogens with two attached hydrogens (primary N) is 1. The first-order valence-corrected chi connectivity index (χ1v) is 5.46. The second kappa shape index (κ2) is 4.74. The van der Waals surface area contributed by atoms with Gasteiger partial charge < -0.3 is 11.1 Å². The van der Waals surface area contributed by atoms with Gasteiger partial charge >= 0.3 is 0 Å². The van der Waals surface area contributed by atoms with Gasteiger partial charge in [0.1, 0.15) is 0 Å². The molecule has 0 saturated heterocycles. The molecule has 80 valence electrons. The molecule has 1 rings (SSSR count). The molecule has 3 heteroatoms. The Morgan fingerprint density at radius 3 is 3.00 bits per heavy atom. The normalized spacial score (nSPS) is 29.8. The van der Waals surface area contributed by atoms with E-state index in [2.05, 4.69) is 25.7 Å². The van der Waals surface area contributed by atoms with Crippen LogP contribution in [0.5, 0.6) is 0 Å². The Morgan fingerprint density at radius 1 is 1.79 bits per heavy atom. The zero-order valence-corrected chi connectivity index (χ0v) is 9.64. The molecular weight excluding hydrogens is 196 g/mol. The monoisotopic (exact) mass is 214 g/mol. The van der Waals surface area contributed by atoms with Crippen molar-refractivity contribution < 1.29 is 0 Å². The van der Waals surface area contributed by atoms with Crippen LogP contribution in [-0.4, -0.2) is 11.9 Å². The zero-order chi connectivity index (χ0) is 10.7. The van der Waals surface area contributed by atoms with Gasteiger partial charge in [-0.3, -0.25) is 0 Å². The van der Waals surface area contributed by atoms with Crippen LogP contribution in [0.15, 0.2) is 24.0 Å². The third-order valence-electron chi connectivity index (χ3n) is 2.89. The first-order valence-electron chi connectivity index (χ1n) is 5.03. The molecule has 2 nitrogen and oxygen atoms in total. The van der Waals surface area contributed by atoms with Gasteiger partial charge in [0.15, 0.2) is 0 Å². The highest BCUT2D eigenvalue weighted by atomic mass is 35.5. The van der Waals surface area contributed by atoms with Crippen molar-refractivity contribution in [3.05, 3.63) is 24.0 Å². The molecule has 0 radical (unpaired) electrons. The van der Waals surface area contributed by atoms with E-state index >= 15 is 0 Å². The second-order valence-corrected chi connectivity index (χ2v) is 4.68. The van der Waals surface area contributed by atoms with Crippen LogP contribution in [0.1, 0.15) is 20.3 Å². The maximum atomic E-state index is 6.17. The van der Waals surface area contributed by atoms with Gasteiger partial charge in [0.05, 0.1) is 5.38 Å². The van der Waals surface area contributed by atoms with E-state index in [4.69, 9.17) is 17.3 Å². The second-order valence-electron chi connectivity index (χ2n) is 4.12. The van der Waals surface area contributed by atoms with E-state index in [9.17, 15) is 0 Å². The van der Waals surface area contributed by atoms with E-state index in [1.165, 1.54) is 5.57 Å². The topological polar surface area (TPSA) is 38.0 Å². The van der Waals surface area contributed by atoms with E-state index in [0.717, 1.165) is 18.7 Å². The fraction of sp³-hybridized carbons (Fsp3) is 0.636. The van der Waals surface area contributed by atoms with Crippen LogP contribution in [0.4, 0.5) is 0 Å². The lowest BCUT2D eigenvalue weighted by Crippen LogP contribution is -2.21. The molecule has 3 atom stereocenters. The number of rotatable bonds is 2. The van der Waals surface area contributed by atoms with Gasteiger partial charge in [0.25, 0.3) is 0 Å². The summed E-state index contributed by atoms with van der Waals surface area (Å²) in [6.45, 7) is 8.86. The van der Waals surface area contributed by atoms with Crippen molar-refractivity contribution in [1.82, 2.24) is 5.32 Å². The number of halogens is 1. The molecule has 0 bridgehead atoms. The Kier molecular flexibility index (Phi) is 3.87. The van der Waals surface area contributed by atoms with Crippen LogP contribution in [0.3, 0.4) is 0 Å². The van der Waals surface area contributed by atoms with Gasteiger partial charge in [-0.25, -0.2) is 0 Å². The summed E-state index contributed by atoms with van der Waals surface area (Å²) >= 11 is 6.17. The average Bonchev–Trinajstić information content (AvgIpc) is 2.28. The third kappa shape index (κ3) is 2.68. The minimum atomic E-state index is 0.196. The molecule has 0 amide bonds. The Morgan fingerprint density at radius 2 is 2.43 bits per heavy atom. The summed E-state index contributed by atoms with van der Waals surface area (Å²) in [6.07, 6.45) is 3.04. The lowest BCUT2D eigenvalue weighted by Gasteiger charge is -2.18. The molecule has 1 aliphatic heterocycles. The van der Waals surface area contributed by atoms with Crippen molar-refractivity contribution in [2.75, 3.05) is 6.54 Å². The Bertz CT molecular complexity index is 248. The van der Waals surface area contributed by atoms with Crippen molar-refractivity contribution >= 4 is 11.6 Å². The quantitative estimate of drug-likeness (QED) is 0.692. The lowest BCUT2D eigenvalue weighted by molar-refractivity contribution is 0.528. The Balaban J connectivity index is 2.70. The predicted molar refractivity (Wildman–Crippen MR) is 62.0 cm³/mol. The number of hydrogen-bond acceptors (Lipinski definition) is 2. The standard InChI is InChI=1S/C11H19ClN2/c1-7-4-10(8(2)9(3)13)5-14-6-11(7)12/h5,7-8,11,14H,3-4,6,13H2,1-2H3. The highest BCUT2D eigenvalue weighted by molar-refractivity contribution is 6.21. The van der Waals surface area contributed by atoms with Gasteiger partial charge in [-0.1, -0.05) is 20.4 Å². The molecule has 0 fully saturated rings. The molecule has 0 aromatic heterocycles. The molecule has 1 aliphatic rings. The van der Waals surface area contributed by atoms with Crippen LogP contribution in [-0.2, 0) is 0 Å². The molecule has 3 unspecified atom stereocenters. The van der Waals surface area contributed by atoms with Crippen molar-refractivity contribution in [1.29, 1.82) is 0 Å². The van der Waals surface area contributed by atoms with Gasteiger partial charge in [-0.15, -0.1) is 11.6 Å². The summed E-state index contributed by atoms with van der Waals surface area (Å²) < 4.78 is 0. The first-order chi connectivity index (χ1) is 6.52. The van der Waals surface area contributed by atoms with Crippen LogP contribution < -0.4 is 11.1 Å². The minimum absolute atomic E-state index is 0.196. The van der Waals surface area contributed by atoms with Crippen molar-refractivity contribution in [2.45, 2.75) is 25.6 Å². The molecule has 0 aromatic carbocycles.